The third kappa shape index (κ3) is 5.42. The first-order chi connectivity index (χ1) is 14.2. The highest BCUT2D eigenvalue weighted by Gasteiger charge is 2.20. The highest BCUT2D eigenvalue weighted by atomic mass is 32.1. The molecule has 0 saturated carbocycles. The number of anilines is 1. The lowest BCUT2D eigenvalue weighted by molar-refractivity contribution is -0.117. The lowest BCUT2D eigenvalue weighted by Crippen LogP contribution is -2.48. The number of carbonyl (C=O) groups excluding carboxylic acids is 1. The van der Waals surface area contributed by atoms with Gasteiger partial charge in [0.2, 0.25) is 5.91 Å². The number of nitrogens with zero attached hydrogens (tertiary/aromatic N) is 3. The van der Waals surface area contributed by atoms with Crippen LogP contribution in [0.25, 0.3) is 10.6 Å². The molecule has 0 atom stereocenters. The molecule has 1 N–H and O–H groups in total. The number of rotatable bonds is 7. The van der Waals surface area contributed by atoms with Crippen molar-refractivity contribution in [3.8, 4) is 16.3 Å². The molecule has 1 saturated heterocycles. The maximum atomic E-state index is 12.3. The Morgan fingerprint density at radius 2 is 1.86 bits per heavy atom. The number of benzene rings is 1. The summed E-state index contributed by atoms with van der Waals surface area (Å²) in [7, 11) is 1.63. The second kappa shape index (κ2) is 9.49. The number of hydrogen-bond donors (Lipinski definition) is 1. The van der Waals surface area contributed by atoms with Gasteiger partial charge < -0.3 is 10.1 Å². The van der Waals surface area contributed by atoms with E-state index in [1.165, 1.54) is 4.88 Å². The summed E-state index contributed by atoms with van der Waals surface area (Å²) in [6.07, 6.45) is 0. The van der Waals surface area contributed by atoms with Crippen LogP contribution in [-0.4, -0.2) is 60.5 Å². The summed E-state index contributed by atoms with van der Waals surface area (Å²) < 4.78 is 5.14. The molecule has 3 aromatic rings. The molecule has 1 aliphatic heterocycles. The van der Waals surface area contributed by atoms with Crippen LogP contribution in [-0.2, 0) is 11.3 Å². The SMILES string of the molecule is COc1ccc(NC(=O)CN2CCN(Cc3nc(-c4cccs4)cs3)CC2)cc1. The normalized spacial score (nSPS) is 15.3. The van der Waals surface area contributed by atoms with E-state index in [1.807, 2.05) is 24.3 Å². The Balaban J connectivity index is 1.21. The van der Waals surface area contributed by atoms with Crippen LogP contribution in [0.3, 0.4) is 0 Å². The molecule has 8 heteroatoms. The second-order valence-electron chi connectivity index (χ2n) is 6.93. The number of amides is 1. The second-order valence-corrected chi connectivity index (χ2v) is 8.82. The highest BCUT2D eigenvalue weighted by Crippen LogP contribution is 2.26. The van der Waals surface area contributed by atoms with E-state index in [0.717, 1.165) is 54.9 Å². The molecular formula is C21H24N4O2S2. The van der Waals surface area contributed by atoms with Crippen LogP contribution in [0.4, 0.5) is 5.69 Å². The van der Waals surface area contributed by atoms with Gasteiger partial charge in [0.25, 0.3) is 0 Å². The quantitative estimate of drug-likeness (QED) is 0.623. The maximum Gasteiger partial charge on any atom is 0.238 e. The molecule has 0 aliphatic carbocycles. The van der Waals surface area contributed by atoms with Crippen LogP contribution in [0.5, 0.6) is 5.75 Å². The van der Waals surface area contributed by atoms with E-state index in [1.54, 1.807) is 29.8 Å². The number of methoxy groups -OCH3 is 1. The Labute approximate surface area is 178 Å². The highest BCUT2D eigenvalue weighted by molar-refractivity contribution is 7.14. The van der Waals surface area contributed by atoms with E-state index in [-0.39, 0.29) is 5.91 Å². The maximum absolute atomic E-state index is 12.3. The lowest BCUT2D eigenvalue weighted by Gasteiger charge is -2.33. The molecule has 1 aliphatic rings. The van der Waals surface area contributed by atoms with Gasteiger partial charge in [-0.1, -0.05) is 6.07 Å². The van der Waals surface area contributed by atoms with Gasteiger partial charge in [-0.15, -0.1) is 22.7 Å². The van der Waals surface area contributed by atoms with Crippen molar-refractivity contribution in [2.45, 2.75) is 6.54 Å². The Kier molecular flexibility index (Phi) is 6.56. The predicted octanol–water partition coefficient (Wildman–Crippen LogP) is 3.64. The summed E-state index contributed by atoms with van der Waals surface area (Å²) in [4.78, 5) is 22.9. The van der Waals surface area contributed by atoms with Gasteiger partial charge in [-0.05, 0) is 35.7 Å². The van der Waals surface area contributed by atoms with Gasteiger partial charge in [0.05, 0.1) is 30.8 Å². The summed E-state index contributed by atoms with van der Waals surface area (Å²) in [5, 5.41) is 8.32. The van der Waals surface area contributed by atoms with Crippen molar-refractivity contribution in [3.63, 3.8) is 0 Å². The minimum Gasteiger partial charge on any atom is -0.497 e. The van der Waals surface area contributed by atoms with E-state index in [2.05, 4.69) is 38.0 Å². The first kappa shape index (κ1) is 20.0. The van der Waals surface area contributed by atoms with Gasteiger partial charge >= 0.3 is 0 Å². The van der Waals surface area contributed by atoms with Crippen molar-refractivity contribution in [2.75, 3.05) is 45.2 Å². The van der Waals surface area contributed by atoms with Crippen LogP contribution in [0.1, 0.15) is 5.01 Å². The minimum absolute atomic E-state index is 0.0177. The van der Waals surface area contributed by atoms with Crippen molar-refractivity contribution < 1.29 is 9.53 Å². The average molecular weight is 429 g/mol. The fraction of sp³-hybridized carbons (Fsp3) is 0.333. The standard InChI is InChI=1S/C21H24N4O2S2/c1-27-17-6-4-16(5-7-17)22-20(26)13-24-8-10-25(11-9-24)14-21-23-18(15-29-21)19-3-2-12-28-19/h2-7,12,15H,8-11,13-14H2,1H3,(H,22,26). The Hall–Kier alpha value is -2.26. The van der Waals surface area contributed by atoms with E-state index >= 15 is 0 Å². The van der Waals surface area contributed by atoms with Crippen LogP contribution in [0, 0.1) is 0 Å². The summed E-state index contributed by atoms with van der Waals surface area (Å²) in [5.74, 6) is 0.797. The van der Waals surface area contributed by atoms with Crippen LogP contribution in [0.2, 0.25) is 0 Å². The first-order valence-corrected chi connectivity index (χ1v) is 11.3. The van der Waals surface area contributed by atoms with Gasteiger partial charge in [-0.3, -0.25) is 14.6 Å². The number of thiophene rings is 1. The first-order valence-electron chi connectivity index (χ1n) is 9.56. The van der Waals surface area contributed by atoms with Gasteiger partial charge in [0.15, 0.2) is 0 Å². The minimum atomic E-state index is 0.0177. The van der Waals surface area contributed by atoms with Gasteiger partial charge in [-0.25, -0.2) is 4.98 Å². The number of piperazine rings is 1. The van der Waals surface area contributed by atoms with Crippen molar-refractivity contribution in [3.05, 3.63) is 52.2 Å². The van der Waals surface area contributed by atoms with Crippen molar-refractivity contribution in [1.82, 2.24) is 14.8 Å². The molecule has 0 unspecified atom stereocenters. The third-order valence-electron chi connectivity index (χ3n) is 4.89. The molecule has 3 heterocycles. The smallest absolute Gasteiger partial charge is 0.238 e. The van der Waals surface area contributed by atoms with Gasteiger partial charge in [0, 0.05) is 37.2 Å². The fourth-order valence-electron chi connectivity index (χ4n) is 3.30. The fourth-order valence-corrected chi connectivity index (χ4v) is 4.89. The third-order valence-corrected chi connectivity index (χ3v) is 6.62. The number of ether oxygens (including phenoxy) is 1. The van der Waals surface area contributed by atoms with Crippen LogP contribution >= 0.6 is 22.7 Å². The largest absolute Gasteiger partial charge is 0.497 e. The predicted molar refractivity (Wildman–Crippen MR) is 119 cm³/mol. The molecule has 0 spiro atoms. The molecule has 2 aromatic heterocycles. The Morgan fingerprint density at radius 3 is 2.55 bits per heavy atom. The van der Waals surface area contributed by atoms with Crippen LogP contribution < -0.4 is 10.1 Å². The summed E-state index contributed by atoms with van der Waals surface area (Å²) >= 11 is 3.45. The molecule has 29 heavy (non-hydrogen) atoms. The number of nitrogens with one attached hydrogen (secondary N) is 1. The lowest BCUT2D eigenvalue weighted by atomic mass is 10.3. The topological polar surface area (TPSA) is 57.7 Å². The van der Waals surface area contributed by atoms with E-state index in [0.29, 0.717) is 6.54 Å². The summed E-state index contributed by atoms with van der Waals surface area (Å²) in [6.45, 7) is 4.97. The summed E-state index contributed by atoms with van der Waals surface area (Å²) in [6, 6.07) is 11.6. The Bertz CT molecular complexity index is 917. The Morgan fingerprint density at radius 1 is 1.10 bits per heavy atom. The molecule has 0 radical (unpaired) electrons. The zero-order chi connectivity index (χ0) is 20.1. The van der Waals surface area contributed by atoms with E-state index in [4.69, 9.17) is 9.72 Å². The van der Waals surface area contributed by atoms with Crippen molar-refractivity contribution in [1.29, 1.82) is 0 Å². The number of carbonyl (C=O) groups is 1. The number of hydrogen-bond acceptors (Lipinski definition) is 7. The molecule has 1 aromatic carbocycles. The van der Waals surface area contributed by atoms with Crippen LogP contribution in [0.15, 0.2) is 47.2 Å². The monoisotopic (exact) mass is 428 g/mol. The van der Waals surface area contributed by atoms with E-state index < -0.39 is 0 Å². The van der Waals surface area contributed by atoms with Crippen molar-refractivity contribution in [2.24, 2.45) is 0 Å². The molecule has 4 rings (SSSR count). The molecule has 6 nitrogen and oxygen atoms in total. The summed E-state index contributed by atoms with van der Waals surface area (Å²) in [5.41, 5.74) is 1.87. The number of aromatic nitrogens is 1. The van der Waals surface area contributed by atoms with E-state index in [9.17, 15) is 4.79 Å². The van der Waals surface area contributed by atoms with Crippen molar-refractivity contribution >= 4 is 34.3 Å². The average Bonchev–Trinajstić information content (AvgIpc) is 3.42. The number of thiazole rings is 1. The molecule has 1 amide bonds. The molecule has 0 bridgehead atoms. The molecule has 1 fully saturated rings. The molecule has 152 valence electrons. The molecular weight excluding hydrogens is 404 g/mol. The zero-order valence-corrected chi connectivity index (χ0v) is 18.0. The van der Waals surface area contributed by atoms with Gasteiger partial charge in [0.1, 0.15) is 10.8 Å². The van der Waals surface area contributed by atoms with Gasteiger partial charge in [-0.2, -0.15) is 0 Å². The zero-order valence-electron chi connectivity index (χ0n) is 16.3.